The maximum atomic E-state index is 13.6. The van der Waals surface area contributed by atoms with Crippen LogP contribution in [0.1, 0.15) is 17.1 Å². The standard InChI is InChI=1S/C17H13ClF2N4O2/c1-9-6-22-15(18)4-14(9)24-10(2)23-16(5-17(24)25)26-8-13-12(20)3-11(19)7-21-13/h3-7H,8H2,1-2H3. The first-order valence-electron chi connectivity index (χ1n) is 7.51. The lowest BCUT2D eigenvalue weighted by atomic mass is 10.2. The molecule has 0 unspecified atom stereocenters. The summed E-state index contributed by atoms with van der Waals surface area (Å²) in [5, 5.41) is 0.245. The summed E-state index contributed by atoms with van der Waals surface area (Å²) in [5.41, 5.74) is 0.808. The number of halogens is 3. The molecule has 3 heterocycles. The number of aryl methyl sites for hydroxylation is 2. The molecule has 0 radical (unpaired) electrons. The summed E-state index contributed by atoms with van der Waals surface area (Å²) in [6.07, 6.45) is 2.44. The third-order valence-electron chi connectivity index (χ3n) is 3.59. The Balaban J connectivity index is 1.90. The Morgan fingerprint density at radius 2 is 1.92 bits per heavy atom. The van der Waals surface area contributed by atoms with Crippen molar-refractivity contribution in [2.45, 2.75) is 20.5 Å². The molecule has 0 saturated heterocycles. The highest BCUT2D eigenvalue weighted by Gasteiger charge is 2.13. The summed E-state index contributed by atoms with van der Waals surface area (Å²) in [6, 6.07) is 3.44. The zero-order chi connectivity index (χ0) is 18.8. The summed E-state index contributed by atoms with van der Waals surface area (Å²) in [5.74, 6) is -1.26. The number of rotatable bonds is 4. The van der Waals surface area contributed by atoms with Crippen LogP contribution in [-0.4, -0.2) is 19.5 Å². The molecule has 9 heteroatoms. The molecule has 0 spiro atoms. The van der Waals surface area contributed by atoms with Crippen molar-refractivity contribution in [3.63, 3.8) is 0 Å². The first-order chi connectivity index (χ1) is 12.3. The second-order valence-electron chi connectivity index (χ2n) is 5.48. The highest BCUT2D eigenvalue weighted by atomic mass is 35.5. The molecular weight excluding hydrogens is 366 g/mol. The van der Waals surface area contributed by atoms with Crippen molar-refractivity contribution < 1.29 is 13.5 Å². The topological polar surface area (TPSA) is 69.9 Å². The van der Waals surface area contributed by atoms with Gasteiger partial charge in [-0.05, 0) is 25.5 Å². The molecule has 26 heavy (non-hydrogen) atoms. The SMILES string of the molecule is Cc1cnc(Cl)cc1-n1c(C)nc(OCc2ncc(F)cc2F)cc1=O. The lowest BCUT2D eigenvalue weighted by molar-refractivity contribution is 0.280. The fraction of sp³-hybridized carbons (Fsp3) is 0.176. The van der Waals surface area contributed by atoms with Crippen molar-refractivity contribution in [2.24, 2.45) is 0 Å². The zero-order valence-electron chi connectivity index (χ0n) is 13.8. The van der Waals surface area contributed by atoms with Crippen molar-refractivity contribution in [1.29, 1.82) is 0 Å². The summed E-state index contributed by atoms with van der Waals surface area (Å²) in [4.78, 5) is 24.3. The zero-order valence-corrected chi connectivity index (χ0v) is 14.6. The van der Waals surface area contributed by atoms with Crippen molar-refractivity contribution >= 4 is 11.6 Å². The van der Waals surface area contributed by atoms with E-state index < -0.39 is 17.2 Å². The van der Waals surface area contributed by atoms with Gasteiger partial charge in [0.15, 0.2) is 5.82 Å². The van der Waals surface area contributed by atoms with Gasteiger partial charge in [-0.3, -0.25) is 14.3 Å². The molecule has 3 aromatic heterocycles. The van der Waals surface area contributed by atoms with Crippen molar-refractivity contribution in [3.05, 3.63) is 74.8 Å². The molecule has 3 aromatic rings. The van der Waals surface area contributed by atoms with E-state index in [1.54, 1.807) is 26.1 Å². The number of pyridine rings is 2. The molecule has 0 aliphatic rings. The molecule has 6 nitrogen and oxygen atoms in total. The molecule has 3 rings (SSSR count). The third-order valence-corrected chi connectivity index (χ3v) is 3.79. The van der Waals surface area contributed by atoms with E-state index in [1.807, 2.05) is 0 Å². The van der Waals surface area contributed by atoms with Gasteiger partial charge in [-0.1, -0.05) is 11.6 Å². The first-order valence-corrected chi connectivity index (χ1v) is 7.89. The van der Waals surface area contributed by atoms with E-state index in [9.17, 15) is 13.6 Å². The normalized spacial score (nSPS) is 10.8. The fourth-order valence-corrected chi connectivity index (χ4v) is 2.51. The highest BCUT2D eigenvalue weighted by molar-refractivity contribution is 6.29. The Labute approximate surface area is 152 Å². The monoisotopic (exact) mass is 378 g/mol. The molecule has 134 valence electrons. The predicted octanol–water partition coefficient (Wildman–Crippen LogP) is 3.15. The molecule has 0 aliphatic carbocycles. The highest BCUT2D eigenvalue weighted by Crippen LogP contribution is 2.18. The van der Waals surface area contributed by atoms with Gasteiger partial charge >= 0.3 is 0 Å². The number of nitrogens with zero attached hydrogens (tertiary/aromatic N) is 4. The number of hydrogen-bond acceptors (Lipinski definition) is 5. The van der Waals surface area contributed by atoms with Crippen LogP contribution in [0.5, 0.6) is 5.88 Å². The molecular formula is C17H13ClF2N4O2. The number of hydrogen-bond donors (Lipinski definition) is 0. The largest absolute Gasteiger partial charge is 0.471 e. The molecule has 0 atom stereocenters. The second kappa shape index (κ2) is 7.17. The molecule has 0 aromatic carbocycles. The fourth-order valence-electron chi connectivity index (χ4n) is 2.36. The van der Waals surface area contributed by atoms with E-state index in [-0.39, 0.29) is 23.3 Å². The Morgan fingerprint density at radius 3 is 2.62 bits per heavy atom. The third kappa shape index (κ3) is 3.70. The van der Waals surface area contributed by atoms with E-state index in [2.05, 4.69) is 15.0 Å². The van der Waals surface area contributed by atoms with Gasteiger partial charge in [-0.2, -0.15) is 4.98 Å². The molecule has 0 amide bonds. The van der Waals surface area contributed by atoms with Crippen LogP contribution in [0.2, 0.25) is 5.15 Å². The van der Waals surface area contributed by atoms with Gasteiger partial charge in [-0.25, -0.2) is 13.8 Å². The van der Waals surface area contributed by atoms with Gasteiger partial charge in [-0.15, -0.1) is 0 Å². The smallest absolute Gasteiger partial charge is 0.261 e. The van der Waals surface area contributed by atoms with E-state index in [1.165, 1.54) is 10.6 Å². The summed E-state index contributed by atoms with van der Waals surface area (Å²) >= 11 is 5.91. The van der Waals surface area contributed by atoms with Crippen LogP contribution >= 0.6 is 11.6 Å². The van der Waals surface area contributed by atoms with Gasteiger partial charge in [0, 0.05) is 12.3 Å². The van der Waals surface area contributed by atoms with E-state index in [0.717, 1.165) is 11.8 Å². The summed E-state index contributed by atoms with van der Waals surface area (Å²) in [7, 11) is 0. The van der Waals surface area contributed by atoms with Gasteiger partial charge < -0.3 is 4.74 Å². The molecule has 0 N–H and O–H groups in total. The van der Waals surface area contributed by atoms with Crippen LogP contribution in [0.25, 0.3) is 5.69 Å². The Hall–Kier alpha value is -2.87. The second-order valence-corrected chi connectivity index (χ2v) is 5.87. The summed E-state index contributed by atoms with van der Waals surface area (Å²) < 4.78 is 33.2. The van der Waals surface area contributed by atoms with Crippen LogP contribution in [0.4, 0.5) is 8.78 Å². The molecule has 0 saturated carbocycles. The first kappa shape index (κ1) is 17.9. The Morgan fingerprint density at radius 1 is 1.15 bits per heavy atom. The minimum atomic E-state index is -0.836. The van der Waals surface area contributed by atoms with Crippen LogP contribution in [0.3, 0.4) is 0 Å². The molecule has 0 fully saturated rings. The van der Waals surface area contributed by atoms with Crippen molar-refractivity contribution in [2.75, 3.05) is 0 Å². The van der Waals surface area contributed by atoms with E-state index >= 15 is 0 Å². The lowest BCUT2D eigenvalue weighted by Gasteiger charge is -2.13. The van der Waals surface area contributed by atoms with Gasteiger partial charge in [0.25, 0.3) is 5.56 Å². The average molecular weight is 379 g/mol. The van der Waals surface area contributed by atoms with Gasteiger partial charge in [0.2, 0.25) is 5.88 Å². The lowest BCUT2D eigenvalue weighted by Crippen LogP contribution is -2.22. The van der Waals surface area contributed by atoms with Crippen LogP contribution in [0.15, 0.2) is 35.4 Å². The van der Waals surface area contributed by atoms with Crippen molar-refractivity contribution in [1.82, 2.24) is 19.5 Å². The van der Waals surface area contributed by atoms with Crippen LogP contribution in [0, 0.1) is 25.5 Å². The Bertz CT molecular complexity index is 1040. The quantitative estimate of drug-likeness (QED) is 0.652. The van der Waals surface area contributed by atoms with E-state index in [0.29, 0.717) is 17.6 Å². The van der Waals surface area contributed by atoms with Gasteiger partial charge in [0.1, 0.15) is 29.1 Å². The minimum absolute atomic E-state index is 0.00656. The Kier molecular flexibility index (Phi) is 4.94. The van der Waals surface area contributed by atoms with Crippen LogP contribution < -0.4 is 10.3 Å². The number of ether oxygens (including phenoxy) is 1. The number of aromatic nitrogens is 4. The average Bonchev–Trinajstić information content (AvgIpc) is 2.56. The van der Waals surface area contributed by atoms with Crippen LogP contribution in [-0.2, 0) is 6.61 Å². The van der Waals surface area contributed by atoms with Crippen molar-refractivity contribution in [3.8, 4) is 11.6 Å². The minimum Gasteiger partial charge on any atom is -0.471 e. The summed E-state index contributed by atoms with van der Waals surface area (Å²) in [6.45, 7) is 3.12. The maximum absolute atomic E-state index is 13.6. The van der Waals surface area contributed by atoms with E-state index in [4.69, 9.17) is 16.3 Å². The van der Waals surface area contributed by atoms with Gasteiger partial charge in [0.05, 0.1) is 18.0 Å². The predicted molar refractivity (Wildman–Crippen MR) is 90.6 cm³/mol. The molecule has 0 aliphatic heterocycles. The maximum Gasteiger partial charge on any atom is 0.261 e. The molecule has 0 bridgehead atoms.